The van der Waals surface area contributed by atoms with E-state index in [1.165, 1.54) is 10.6 Å². The number of hydrogen-bond donors (Lipinski definition) is 1. The SMILES string of the molecule is CC(C)[C@@H](CNC(=O)[C@H]1CCCCN1S(C)(=O)=O)N(C)C. The summed E-state index contributed by atoms with van der Waals surface area (Å²) in [5, 5.41) is 2.93. The van der Waals surface area contributed by atoms with Gasteiger partial charge in [-0.3, -0.25) is 4.79 Å². The molecule has 1 aliphatic rings. The van der Waals surface area contributed by atoms with Crippen molar-refractivity contribution in [3.05, 3.63) is 0 Å². The molecule has 7 heteroatoms. The summed E-state index contributed by atoms with van der Waals surface area (Å²) in [6.07, 6.45) is 3.50. The molecule has 0 aromatic rings. The minimum absolute atomic E-state index is 0.173. The normalized spacial score (nSPS) is 22.5. The van der Waals surface area contributed by atoms with Crippen LogP contribution in [0.4, 0.5) is 0 Å². The van der Waals surface area contributed by atoms with E-state index >= 15 is 0 Å². The second-order valence-corrected chi connectivity index (χ2v) is 8.34. The lowest BCUT2D eigenvalue weighted by molar-refractivity contribution is -0.126. The van der Waals surface area contributed by atoms with E-state index in [1.54, 1.807) is 0 Å². The minimum Gasteiger partial charge on any atom is -0.353 e. The number of likely N-dealkylation sites (N-methyl/N-ethyl adjacent to an activating group) is 1. The van der Waals surface area contributed by atoms with Crippen molar-refractivity contribution in [3.63, 3.8) is 0 Å². The average Bonchev–Trinajstić information content (AvgIpc) is 2.36. The minimum atomic E-state index is -3.33. The molecule has 0 aromatic carbocycles. The smallest absolute Gasteiger partial charge is 0.238 e. The first-order valence-electron chi connectivity index (χ1n) is 7.55. The number of rotatable bonds is 6. The highest BCUT2D eigenvalue weighted by atomic mass is 32.2. The van der Waals surface area contributed by atoms with Crippen LogP contribution in [0.1, 0.15) is 33.1 Å². The molecule has 0 aromatic heterocycles. The highest BCUT2D eigenvalue weighted by Crippen LogP contribution is 2.20. The van der Waals surface area contributed by atoms with Gasteiger partial charge in [0.25, 0.3) is 0 Å². The lowest BCUT2D eigenvalue weighted by Gasteiger charge is -2.34. The molecule has 2 atom stereocenters. The summed E-state index contributed by atoms with van der Waals surface area (Å²) in [6.45, 7) is 5.20. The zero-order valence-corrected chi connectivity index (χ0v) is 14.6. The maximum absolute atomic E-state index is 12.4. The number of carbonyl (C=O) groups excluding carboxylic acids is 1. The van der Waals surface area contributed by atoms with Gasteiger partial charge in [-0.1, -0.05) is 20.3 Å². The molecular formula is C14H29N3O3S. The first kappa shape index (κ1) is 18.4. The third-order valence-electron chi connectivity index (χ3n) is 4.10. The molecule has 1 aliphatic heterocycles. The monoisotopic (exact) mass is 319 g/mol. The van der Waals surface area contributed by atoms with Crippen molar-refractivity contribution in [3.8, 4) is 0 Å². The average molecular weight is 319 g/mol. The summed E-state index contributed by atoms with van der Waals surface area (Å²) in [5.41, 5.74) is 0. The van der Waals surface area contributed by atoms with Crippen LogP contribution in [0, 0.1) is 5.92 Å². The molecule has 0 spiro atoms. The van der Waals surface area contributed by atoms with Gasteiger partial charge in [0.05, 0.1) is 6.26 Å². The van der Waals surface area contributed by atoms with E-state index in [4.69, 9.17) is 0 Å². The number of hydrogen-bond acceptors (Lipinski definition) is 4. The number of piperidine rings is 1. The van der Waals surface area contributed by atoms with Crippen LogP contribution < -0.4 is 5.32 Å². The van der Waals surface area contributed by atoms with Crippen molar-refractivity contribution >= 4 is 15.9 Å². The van der Waals surface area contributed by atoms with Crippen molar-refractivity contribution in [1.29, 1.82) is 0 Å². The highest BCUT2D eigenvalue weighted by Gasteiger charge is 2.34. The molecule has 124 valence electrons. The Morgan fingerprint density at radius 1 is 1.33 bits per heavy atom. The lowest BCUT2D eigenvalue weighted by atomic mass is 10.0. The topological polar surface area (TPSA) is 69.7 Å². The number of nitrogens with one attached hydrogen (secondary N) is 1. The van der Waals surface area contributed by atoms with E-state index in [1.807, 2.05) is 14.1 Å². The summed E-state index contributed by atoms with van der Waals surface area (Å²) in [7, 11) is 0.643. The molecule has 6 nitrogen and oxygen atoms in total. The Labute approximate surface area is 128 Å². The van der Waals surface area contributed by atoms with Crippen LogP contribution in [0.3, 0.4) is 0 Å². The predicted octanol–water partition coefficient (Wildman–Crippen LogP) is 0.503. The van der Waals surface area contributed by atoms with Gasteiger partial charge in [0.2, 0.25) is 15.9 Å². The van der Waals surface area contributed by atoms with Crippen molar-refractivity contribution in [2.24, 2.45) is 5.92 Å². The van der Waals surface area contributed by atoms with Gasteiger partial charge in [0.15, 0.2) is 0 Å². The van der Waals surface area contributed by atoms with Gasteiger partial charge in [-0.05, 0) is 32.9 Å². The van der Waals surface area contributed by atoms with Gasteiger partial charge >= 0.3 is 0 Å². The van der Waals surface area contributed by atoms with Gasteiger partial charge in [-0.2, -0.15) is 4.31 Å². The van der Waals surface area contributed by atoms with Crippen molar-refractivity contribution in [2.75, 3.05) is 33.4 Å². The molecule has 0 saturated carbocycles. The largest absolute Gasteiger partial charge is 0.353 e. The Morgan fingerprint density at radius 3 is 2.43 bits per heavy atom. The van der Waals surface area contributed by atoms with Crippen LogP contribution in [0.15, 0.2) is 0 Å². The zero-order valence-electron chi connectivity index (χ0n) is 13.8. The fourth-order valence-corrected chi connectivity index (χ4v) is 4.03. The molecule has 1 heterocycles. The second kappa shape index (κ2) is 7.56. The first-order valence-corrected chi connectivity index (χ1v) is 9.40. The fraction of sp³-hybridized carbons (Fsp3) is 0.929. The lowest BCUT2D eigenvalue weighted by Crippen LogP contribution is -2.53. The third kappa shape index (κ3) is 5.23. The summed E-state index contributed by atoms with van der Waals surface area (Å²) in [5.74, 6) is 0.241. The quantitative estimate of drug-likeness (QED) is 0.774. The van der Waals surface area contributed by atoms with Crippen LogP contribution in [-0.4, -0.2) is 69.1 Å². The van der Waals surface area contributed by atoms with E-state index in [-0.39, 0.29) is 11.9 Å². The van der Waals surface area contributed by atoms with Crippen LogP contribution in [0.25, 0.3) is 0 Å². The van der Waals surface area contributed by atoms with Crippen LogP contribution in [0.5, 0.6) is 0 Å². The van der Waals surface area contributed by atoms with E-state index < -0.39 is 16.1 Å². The van der Waals surface area contributed by atoms with Crippen molar-refractivity contribution in [2.45, 2.75) is 45.2 Å². The molecule has 0 bridgehead atoms. The number of carbonyl (C=O) groups is 1. The predicted molar refractivity (Wildman–Crippen MR) is 84.5 cm³/mol. The number of amides is 1. The molecule has 1 N–H and O–H groups in total. The van der Waals surface area contributed by atoms with Gasteiger partial charge in [0, 0.05) is 19.1 Å². The van der Waals surface area contributed by atoms with Crippen molar-refractivity contribution < 1.29 is 13.2 Å². The van der Waals surface area contributed by atoms with Crippen molar-refractivity contribution in [1.82, 2.24) is 14.5 Å². The maximum Gasteiger partial charge on any atom is 0.238 e. The van der Waals surface area contributed by atoms with Gasteiger partial charge in [-0.15, -0.1) is 0 Å². The van der Waals surface area contributed by atoms with Gasteiger partial charge in [0.1, 0.15) is 6.04 Å². The second-order valence-electron chi connectivity index (χ2n) is 6.41. The Bertz CT molecular complexity index is 440. The van der Waals surface area contributed by atoms with Crippen LogP contribution in [0.2, 0.25) is 0 Å². The summed E-state index contributed by atoms with van der Waals surface area (Å²) in [4.78, 5) is 14.5. The molecule has 21 heavy (non-hydrogen) atoms. The van der Waals surface area contributed by atoms with Gasteiger partial charge < -0.3 is 10.2 Å². The highest BCUT2D eigenvalue weighted by molar-refractivity contribution is 7.88. The molecule has 0 unspecified atom stereocenters. The molecule has 1 saturated heterocycles. The molecule has 0 radical (unpaired) electrons. The molecule has 0 aliphatic carbocycles. The molecule has 1 amide bonds. The fourth-order valence-electron chi connectivity index (χ4n) is 2.90. The van der Waals surface area contributed by atoms with Crippen LogP contribution >= 0.6 is 0 Å². The van der Waals surface area contributed by atoms with Crippen LogP contribution in [-0.2, 0) is 14.8 Å². The Kier molecular flexibility index (Phi) is 6.62. The Morgan fingerprint density at radius 2 is 1.95 bits per heavy atom. The van der Waals surface area contributed by atoms with Gasteiger partial charge in [-0.25, -0.2) is 8.42 Å². The molecule has 1 fully saturated rings. The van der Waals surface area contributed by atoms with E-state index in [0.29, 0.717) is 25.4 Å². The zero-order chi connectivity index (χ0) is 16.2. The Hall–Kier alpha value is -0.660. The Balaban J connectivity index is 2.69. The maximum atomic E-state index is 12.4. The summed E-state index contributed by atoms with van der Waals surface area (Å²) < 4.78 is 24.9. The summed E-state index contributed by atoms with van der Waals surface area (Å²) >= 11 is 0. The first-order chi connectivity index (χ1) is 9.64. The van der Waals surface area contributed by atoms with E-state index in [9.17, 15) is 13.2 Å². The van der Waals surface area contributed by atoms with E-state index in [0.717, 1.165) is 12.8 Å². The number of nitrogens with zero attached hydrogens (tertiary/aromatic N) is 2. The number of sulfonamides is 1. The molecule has 1 rings (SSSR count). The molecular weight excluding hydrogens is 290 g/mol. The standard InChI is InChI=1S/C14H29N3O3S/c1-11(2)13(16(3)4)10-15-14(18)12-8-6-7-9-17(12)21(5,19)20/h11-13H,6-10H2,1-5H3,(H,15,18)/t12-,13-/m1/s1. The summed E-state index contributed by atoms with van der Waals surface area (Å²) in [6, 6.07) is -0.312. The van der Waals surface area contributed by atoms with E-state index in [2.05, 4.69) is 24.1 Å². The third-order valence-corrected chi connectivity index (χ3v) is 5.39.